The van der Waals surface area contributed by atoms with E-state index in [1.165, 1.54) is 6.07 Å². The van der Waals surface area contributed by atoms with Crippen molar-refractivity contribution in [1.29, 1.82) is 0 Å². The van der Waals surface area contributed by atoms with Crippen LogP contribution in [0.2, 0.25) is 0 Å². The standard InChI is InChI=1S/C34H39F2N7O4/c1-2-23-25(36)6-5-20-13-22(44)14-27(28(20)23)41-12-7-24-26(17-41)37-32(47-19-33-8-3-11-43(33)16-21(35)15-33)38-29(24)42-10-4-9-34(18-42)30(45)39-31(46)40-34/h5-6,13-14,21,44H,2-4,7-12,15-19H2,1H3,(H2,39,40,45,46)/t21-,33+,34-/m1/s1. The van der Waals surface area contributed by atoms with Gasteiger partial charge in [-0.25, -0.2) is 13.6 Å². The van der Waals surface area contributed by atoms with Crippen LogP contribution in [0.4, 0.5) is 25.1 Å². The molecule has 248 valence electrons. The first kappa shape index (κ1) is 30.1. The Bertz CT molecular complexity index is 1790. The molecule has 11 nitrogen and oxygen atoms in total. The second-order valence-electron chi connectivity index (χ2n) is 13.7. The maximum atomic E-state index is 15.0. The summed E-state index contributed by atoms with van der Waals surface area (Å²) in [5.74, 6) is 0.136. The summed E-state index contributed by atoms with van der Waals surface area (Å²) >= 11 is 0. The molecular weight excluding hydrogens is 608 g/mol. The number of urea groups is 1. The number of aromatic nitrogens is 2. The zero-order valence-electron chi connectivity index (χ0n) is 26.5. The number of ether oxygens (including phenoxy) is 1. The number of nitrogens with zero attached hydrogens (tertiary/aromatic N) is 5. The number of amides is 3. The van der Waals surface area contributed by atoms with Gasteiger partial charge in [0.05, 0.1) is 24.3 Å². The number of carbonyl (C=O) groups excluding carboxylic acids is 2. The summed E-state index contributed by atoms with van der Waals surface area (Å²) in [6.07, 6.45) is 3.62. The highest BCUT2D eigenvalue weighted by Gasteiger charge is 2.51. The minimum absolute atomic E-state index is 0.0953. The number of aryl methyl sites for hydroxylation is 1. The number of imide groups is 1. The van der Waals surface area contributed by atoms with Crippen LogP contribution >= 0.6 is 0 Å². The Morgan fingerprint density at radius 3 is 2.77 bits per heavy atom. The van der Waals surface area contributed by atoms with Gasteiger partial charge in [0, 0.05) is 48.8 Å². The van der Waals surface area contributed by atoms with Crippen LogP contribution in [-0.2, 0) is 24.2 Å². The number of carbonyl (C=O) groups is 2. The van der Waals surface area contributed by atoms with Crippen molar-refractivity contribution in [2.75, 3.05) is 49.1 Å². The summed E-state index contributed by atoms with van der Waals surface area (Å²) in [5, 5.41) is 17.4. The number of rotatable bonds is 6. The molecule has 1 aromatic heterocycles. The molecule has 0 bridgehead atoms. The normalized spacial score (nSPS) is 27.3. The van der Waals surface area contributed by atoms with Crippen LogP contribution in [0.5, 0.6) is 11.8 Å². The van der Waals surface area contributed by atoms with Crippen LogP contribution < -0.4 is 25.2 Å². The second kappa shape index (κ2) is 11.2. The Kier molecular flexibility index (Phi) is 7.16. The van der Waals surface area contributed by atoms with E-state index in [1.54, 1.807) is 18.2 Å². The van der Waals surface area contributed by atoms with Gasteiger partial charge in [0.25, 0.3) is 5.91 Å². The summed E-state index contributed by atoms with van der Waals surface area (Å²) in [6, 6.07) is 6.16. The molecule has 0 saturated carbocycles. The third kappa shape index (κ3) is 5.01. The van der Waals surface area contributed by atoms with Crippen molar-refractivity contribution in [3.63, 3.8) is 0 Å². The third-order valence-electron chi connectivity index (χ3n) is 10.9. The van der Waals surface area contributed by atoms with Gasteiger partial charge in [-0.2, -0.15) is 9.97 Å². The Hall–Kier alpha value is -4.26. The fraction of sp³-hybridized carbons (Fsp3) is 0.529. The molecule has 0 unspecified atom stereocenters. The van der Waals surface area contributed by atoms with E-state index in [0.717, 1.165) is 47.1 Å². The zero-order chi connectivity index (χ0) is 32.5. The van der Waals surface area contributed by atoms with Crippen molar-refractivity contribution in [3.8, 4) is 11.8 Å². The van der Waals surface area contributed by atoms with Gasteiger partial charge in [-0.15, -0.1) is 0 Å². The Labute approximate surface area is 271 Å². The van der Waals surface area contributed by atoms with Crippen molar-refractivity contribution in [2.24, 2.45) is 0 Å². The molecule has 3 amide bonds. The first-order chi connectivity index (χ1) is 22.7. The lowest BCUT2D eigenvalue weighted by molar-refractivity contribution is -0.124. The number of piperidine rings is 1. The highest BCUT2D eigenvalue weighted by atomic mass is 19.1. The van der Waals surface area contributed by atoms with E-state index in [-0.39, 0.29) is 42.2 Å². The molecule has 3 aromatic rings. The summed E-state index contributed by atoms with van der Waals surface area (Å²) in [5.41, 5.74) is 1.55. The Morgan fingerprint density at radius 2 is 1.96 bits per heavy atom. The van der Waals surface area contributed by atoms with Gasteiger partial charge in [0.15, 0.2) is 0 Å². The van der Waals surface area contributed by atoms with Crippen LogP contribution in [0, 0.1) is 5.82 Å². The molecule has 4 saturated heterocycles. The van der Waals surface area contributed by atoms with Crippen LogP contribution in [0.15, 0.2) is 24.3 Å². The Balaban J connectivity index is 1.17. The summed E-state index contributed by atoms with van der Waals surface area (Å²) in [7, 11) is 0. The van der Waals surface area contributed by atoms with E-state index >= 15 is 4.39 Å². The number of phenolic OH excluding ortho intramolecular Hbond substituents is 1. The topological polar surface area (TPSA) is 123 Å². The molecule has 2 aromatic carbocycles. The van der Waals surface area contributed by atoms with E-state index < -0.39 is 17.7 Å². The largest absolute Gasteiger partial charge is 0.508 e. The van der Waals surface area contributed by atoms with Crippen LogP contribution in [0.3, 0.4) is 0 Å². The van der Waals surface area contributed by atoms with Crippen LogP contribution in [0.1, 0.15) is 55.8 Å². The maximum Gasteiger partial charge on any atom is 0.322 e. The van der Waals surface area contributed by atoms with E-state index in [9.17, 15) is 19.1 Å². The fourth-order valence-corrected chi connectivity index (χ4v) is 8.69. The fourth-order valence-electron chi connectivity index (χ4n) is 8.69. The van der Waals surface area contributed by atoms with Crippen molar-refractivity contribution in [2.45, 2.75) is 75.7 Å². The number of hydrogen-bond donors (Lipinski definition) is 3. The highest BCUT2D eigenvalue weighted by Crippen LogP contribution is 2.42. The monoisotopic (exact) mass is 647 g/mol. The van der Waals surface area contributed by atoms with E-state index in [2.05, 4.69) is 20.4 Å². The second-order valence-corrected chi connectivity index (χ2v) is 13.7. The third-order valence-corrected chi connectivity index (χ3v) is 10.9. The van der Waals surface area contributed by atoms with Gasteiger partial charge in [-0.05, 0) is 68.2 Å². The minimum atomic E-state index is -1.04. The van der Waals surface area contributed by atoms with Crippen molar-refractivity contribution in [1.82, 2.24) is 25.5 Å². The number of hydrogen-bond acceptors (Lipinski definition) is 9. The summed E-state index contributed by atoms with van der Waals surface area (Å²) in [6.45, 7) is 5.26. The van der Waals surface area contributed by atoms with E-state index in [0.29, 0.717) is 69.7 Å². The molecular formula is C34H39F2N7O4. The minimum Gasteiger partial charge on any atom is -0.508 e. The zero-order valence-corrected chi connectivity index (χ0v) is 26.5. The Morgan fingerprint density at radius 1 is 1.11 bits per heavy atom. The lowest BCUT2D eigenvalue weighted by atomic mass is 9.88. The molecule has 5 aliphatic rings. The molecule has 0 radical (unpaired) electrons. The first-order valence-electron chi connectivity index (χ1n) is 16.7. The average Bonchev–Trinajstić information content (AvgIpc) is 3.67. The molecule has 1 spiro atoms. The van der Waals surface area contributed by atoms with Gasteiger partial charge in [-0.3, -0.25) is 15.0 Å². The predicted octanol–water partition coefficient (Wildman–Crippen LogP) is 3.73. The number of halogens is 2. The number of nitrogens with one attached hydrogen (secondary N) is 2. The van der Waals surface area contributed by atoms with Gasteiger partial charge >= 0.3 is 12.0 Å². The lowest BCUT2D eigenvalue weighted by Gasteiger charge is -2.40. The number of alkyl halides is 1. The SMILES string of the molecule is CCc1c(F)ccc2cc(O)cc(N3CCc4c(nc(OC[C@@]56CCCN5C[C@H](F)C6)nc4N4CCC[C@]5(C4)NC(=O)NC5=O)C3)c12. The maximum absolute atomic E-state index is 15.0. The van der Waals surface area contributed by atoms with Crippen molar-refractivity contribution in [3.05, 3.63) is 46.9 Å². The first-order valence-corrected chi connectivity index (χ1v) is 16.7. The number of fused-ring (bicyclic) bond motifs is 3. The predicted molar refractivity (Wildman–Crippen MR) is 171 cm³/mol. The molecule has 4 fully saturated rings. The number of aromatic hydroxyl groups is 1. The number of phenols is 1. The van der Waals surface area contributed by atoms with E-state index in [1.807, 2.05) is 11.8 Å². The molecule has 5 aliphatic heterocycles. The molecule has 13 heteroatoms. The number of benzene rings is 2. The molecule has 47 heavy (non-hydrogen) atoms. The van der Waals surface area contributed by atoms with Gasteiger partial charge in [-0.1, -0.05) is 13.0 Å². The summed E-state index contributed by atoms with van der Waals surface area (Å²) in [4.78, 5) is 41.2. The number of anilines is 2. The highest BCUT2D eigenvalue weighted by molar-refractivity contribution is 6.07. The van der Waals surface area contributed by atoms with E-state index in [4.69, 9.17) is 14.7 Å². The lowest BCUT2D eigenvalue weighted by Crippen LogP contribution is -2.59. The van der Waals surface area contributed by atoms with Crippen molar-refractivity contribution < 1.29 is 28.2 Å². The molecule has 6 heterocycles. The molecule has 0 aliphatic carbocycles. The quantitative estimate of drug-likeness (QED) is 0.344. The van der Waals surface area contributed by atoms with Crippen molar-refractivity contribution >= 4 is 34.2 Å². The van der Waals surface area contributed by atoms with Gasteiger partial charge in [0.2, 0.25) is 0 Å². The van der Waals surface area contributed by atoms with Gasteiger partial charge < -0.3 is 25.0 Å². The van der Waals surface area contributed by atoms with Crippen LogP contribution in [-0.4, -0.2) is 88.5 Å². The smallest absolute Gasteiger partial charge is 0.322 e. The van der Waals surface area contributed by atoms with Crippen LogP contribution in [0.25, 0.3) is 10.8 Å². The molecule has 8 rings (SSSR count). The summed E-state index contributed by atoms with van der Waals surface area (Å²) < 4.78 is 35.9. The average molecular weight is 648 g/mol. The van der Waals surface area contributed by atoms with Gasteiger partial charge in [0.1, 0.15) is 35.7 Å². The molecule has 3 atom stereocenters. The molecule has 3 N–H and O–H groups in total.